The molecule has 6 aliphatic carbocycles. The molecular weight excluding hydrogens is 1310 g/mol. The minimum Gasteiger partial charge on any atom is -0.311 e. The number of para-hydroxylation sites is 2. The fourth-order valence-corrected chi connectivity index (χ4v) is 22.8. The summed E-state index contributed by atoms with van der Waals surface area (Å²) in [6.45, 7) is -0.266. The van der Waals surface area contributed by atoms with Gasteiger partial charge in [-0.15, -0.1) is 0 Å². The van der Waals surface area contributed by atoms with Crippen molar-refractivity contribution in [2.45, 2.75) is 16.2 Å². The number of hydrogen-bond acceptors (Lipinski definition) is 2. The maximum atomic E-state index is 2.78. The second-order valence-electron chi connectivity index (χ2n) is 31.1. The van der Waals surface area contributed by atoms with Crippen molar-refractivity contribution in [3.63, 3.8) is 0 Å². The molecule has 4 heteroatoms. The summed E-state index contributed by atoms with van der Waals surface area (Å²) in [7, 11) is 0. The van der Waals surface area contributed by atoms with Gasteiger partial charge in [0, 0.05) is 50.5 Å². The zero-order valence-corrected chi connectivity index (χ0v) is 59.2. The molecule has 0 N–H and O–H groups in total. The number of fused-ring (bicyclic) bond motifs is 38. The molecular formula is C105H62BN3. The zero-order valence-electron chi connectivity index (χ0n) is 59.2. The molecule has 0 saturated carbocycles. The lowest BCUT2D eigenvalue weighted by atomic mass is 9.33. The highest BCUT2D eigenvalue weighted by atomic mass is 15.2. The number of aromatic nitrogens is 1. The normalized spacial score (nSPS) is 15.0. The summed E-state index contributed by atoms with van der Waals surface area (Å²) in [5.41, 5.74) is 46.0. The molecule has 0 bridgehead atoms. The van der Waals surface area contributed by atoms with Gasteiger partial charge in [0.1, 0.15) is 0 Å². The van der Waals surface area contributed by atoms with Crippen LogP contribution in [-0.4, -0.2) is 11.3 Å². The van der Waals surface area contributed by atoms with Crippen LogP contribution in [0.5, 0.6) is 0 Å². The maximum Gasteiger partial charge on any atom is 0.252 e. The molecule has 3 nitrogen and oxygen atoms in total. The molecule has 0 fully saturated rings. The van der Waals surface area contributed by atoms with Crippen molar-refractivity contribution in [2.24, 2.45) is 0 Å². The van der Waals surface area contributed by atoms with Gasteiger partial charge in [-0.05, 0) is 210 Å². The van der Waals surface area contributed by atoms with Crippen LogP contribution in [0.4, 0.5) is 34.1 Å². The third-order valence-corrected chi connectivity index (χ3v) is 26.6. The van der Waals surface area contributed by atoms with Gasteiger partial charge in [0.2, 0.25) is 0 Å². The predicted molar refractivity (Wildman–Crippen MR) is 449 cm³/mol. The molecule has 0 saturated heterocycles. The average Bonchev–Trinajstić information content (AvgIpc) is 1.57. The molecule has 500 valence electrons. The first-order valence-electron chi connectivity index (χ1n) is 38.4. The van der Waals surface area contributed by atoms with E-state index in [1.54, 1.807) is 0 Å². The number of anilines is 6. The molecule has 109 heavy (non-hydrogen) atoms. The second kappa shape index (κ2) is 20.8. The van der Waals surface area contributed by atoms with E-state index in [9.17, 15) is 0 Å². The first-order chi connectivity index (χ1) is 54.1. The molecule has 0 atom stereocenters. The van der Waals surface area contributed by atoms with E-state index in [1.165, 1.54) is 183 Å². The van der Waals surface area contributed by atoms with E-state index >= 15 is 0 Å². The van der Waals surface area contributed by atoms with Gasteiger partial charge in [0.15, 0.2) is 0 Å². The van der Waals surface area contributed by atoms with Gasteiger partial charge in [-0.25, -0.2) is 0 Å². The SMILES string of the molecule is c1ccc(-c2ccc(N3c4cc5c(cc4B4c6ccc7c(c6N(c6ccc8c(c6)-c6ccccc6C86c8ccccc8-c8ccccc86)c6cc(-n8c9ccccc9c9ccccc98)cc3c64)-c3ccccc3C73c4ccccc4-c4ccccc43)-c3ccccc3C53c4ccccc4-c4ccccc43)cc2)cc1. The summed E-state index contributed by atoms with van der Waals surface area (Å²) in [5, 5.41) is 2.44. The van der Waals surface area contributed by atoms with Gasteiger partial charge in [0.05, 0.1) is 33.0 Å². The molecule has 18 aromatic rings. The molecule has 0 radical (unpaired) electrons. The maximum absolute atomic E-state index is 2.78. The average molecular weight is 1380 g/mol. The van der Waals surface area contributed by atoms with Crippen molar-refractivity contribution in [2.75, 3.05) is 9.80 Å². The highest BCUT2D eigenvalue weighted by Gasteiger charge is 2.58. The molecule has 2 aliphatic heterocycles. The van der Waals surface area contributed by atoms with Crippen LogP contribution in [0.25, 0.3) is 105 Å². The van der Waals surface area contributed by atoms with Gasteiger partial charge in [-0.1, -0.05) is 322 Å². The van der Waals surface area contributed by atoms with E-state index in [0.29, 0.717) is 0 Å². The summed E-state index contributed by atoms with van der Waals surface area (Å²) >= 11 is 0. The first kappa shape index (κ1) is 58.5. The van der Waals surface area contributed by atoms with Crippen LogP contribution in [0.1, 0.15) is 66.8 Å². The summed E-state index contributed by atoms with van der Waals surface area (Å²) in [6, 6.07) is 146. The van der Waals surface area contributed by atoms with Crippen LogP contribution in [0.2, 0.25) is 0 Å². The molecule has 26 rings (SSSR count). The Labute approximate surface area is 631 Å². The number of benzene rings is 17. The Morgan fingerprint density at radius 3 is 1.06 bits per heavy atom. The zero-order chi connectivity index (χ0) is 70.7. The molecule has 0 unspecified atom stereocenters. The van der Waals surface area contributed by atoms with Crippen molar-refractivity contribution in [1.29, 1.82) is 0 Å². The van der Waals surface area contributed by atoms with Gasteiger partial charge < -0.3 is 14.4 Å². The Morgan fingerprint density at radius 2 is 0.569 bits per heavy atom. The monoisotopic (exact) mass is 1380 g/mol. The summed E-state index contributed by atoms with van der Waals surface area (Å²) in [5.74, 6) is 0. The fourth-order valence-electron chi connectivity index (χ4n) is 22.8. The van der Waals surface area contributed by atoms with Crippen LogP contribution in [0.15, 0.2) is 376 Å². The number of nitrogens with zero attached hydrogens (tertiary/aromatic N) is 3. The van der Waals surface area contributed by atoms with Gasteiger partial charge in [0.25, 0.3) is 6.71 Å². The standard InChI is InChI=1S/C105H62BN3/c1-2-26-63(27-3-1)64-50-52-65(53-51-64)107-97-62-92-80(75-35-11-22-46-88(75)105(92)85-43-19-8-32-72(85)73-33-9-20-44-86(73)105)61-94(97)106-93-57-56-91-100(78-38-12-23-47-89(78)104(91)83-41-17-6-30-70(83)71-31-7-18-42-84(71)104)102(93)109(99-60-67(59-98(107)101(99)106)108-95-48-24-13-36-76(95)77-37-14-25-49-96(77)108)66-54-55-90-79(58-66)74-34-10-21-45-87(74)103(90)81-39-15-4-28-68(81)69-29-5-16-40-82(69)103/h1-62H. The van der Waals surface area contributed by atoms with E-state index in [2.05, 4.69) is 390 Å². The lowest BCUT2D eigenvalue weighted by molar-refractivity contribution is 0.793. The highest BCUT2D eigenvalue weighted by molar-refractivity contribution is 7.00. The molecule has 1 aromatic heterocycles. The second-order valence-corrected chi connectivity index (χ2v) is 31.1. The van der Waals surface area contributed by atoms with Gasteiger partial charge >= 0.3 is 0 Å². The summed E-state index contributed by atoms with van der Waals surface area (Å²) in [6.07, 6.45) is 0. The van der Waals surface area contributed by atoms with Crippen LogP contribution < -0.4 is 26.2 Å². The Balaban J connectivity index is 0.835. The van der Waals surface area contributed by atoms with Crippen LogP contribution in [0, 0.1) is 0 Å². The molecule has 0 amide bonds. The van der Waals surface area contributed by atoms with Crippen molar-refractivity contribution < 1.29 is 0 Å². The van der Waals surface area contributed by atoms with Crippen LogP contribution >= 0.6 is 0 Å². The Morgan fingerprint density at radius 1 is 0.211 bits per heavy atom. The quantitative estimate of drug-likeness (QED) is 0.163. The van der Waals surface area contributed by atoms with E-state index in [-0.39, 0.29) is 6.71 Å². The summed E-state index contributed by atoms with van der Waals surface area (Å²) in [4.78, 5) is 5.46. The molecule has 3 heterocycles. The molecule has 17 aromatic carbocycles. The minimum absolute atomic E-state index is 0.266. The van der Waals surface area contributed by atoms with E-state index in [1.807, 2.05) is 0 Å². The smallest absolute Gasteiger partial charge is 0.252 e. The minimum atomic E-state index is -0.623. The third kappa shape index (κ3) is 6.96. The number of rotatable bonds is 4. The Bertz CT molecular complexity index is 6960. The topological polar surface area (TPSA) is 11.4 Å². The van der Waals surface area contributed by atoms with Gasteiger partial charge in [-0.3, -0.25) is 0 Å². The van der Waals surface area contributed by atoms with Crippen molar-refractivity contribution >= 4 is 79.0 Å². The lowest BCUT2D eigenvalue weighted by Crippen LogP contribution is -2.61. The highest BCUT2D eigenvalue weighted by Crippen LogP contribution is 2.69. The first-order valence-corrected chi connectivity index (χ1v) is 38.4. The van der Waals surface area contributed by atoms with Crippen molar-refractivity contribution in [3.8, 4) is 83.6 Å². The largest absolute Gasteiger partial charge is 0.311 e. The van der Waals surface area contributed by atoms with Crippen molar-refractivity contribution in [3.05, 3.63) is 443 Å². The van der Waals surface area contributed by atoms with Gasteiger partial charge in [-0.2, -0.15) is 0 Å². The van der Waals surface area contributed by atoms with E-state index < -0.39 is 16.2 Å². The molecule has 3 spiro atoms. The van der Waals surface area contributed by atoms with Crippen molar-refractivity contribution in [1.82, 2.24) is 4.57 Å². The fraction of sp³-hybridized carbons (Fsp3) is 0.0286. The third-order valence-electron chi connectivity index (χ3n) is 26.6. The van der Waals surface area contributed by atoms with Crippen LogP contribution in [-0.2, 0) is 16.2 Å². The molecule has 8 aliphatic rings. The Kier molecular flexibility index (Phi) is 11.2. The van der Waals surface area contributed by atoms with Crippen LogP contribution in [0.3, 0.4) is 0 Å². The number of hydrogen-bond donors (Lipinski definition) is 0. The van der Waals surface area contributed by atoms with E-state index in [0.717, 1.165) is 39.5 Å². The Hall–Kier alpha value is -13.8. The lowest BCUT2D eigenvalue weighted by Gasteiger charge is -2.46. The predicted octanol–water partition coefficient (Wildman–Crippen LogP) is 23.6. The van der Waals surface area contributed by atoms with E-state index in [4.69, 9.17) is 0 Å². The summed E-state index contributed by atoms with van der Waals surface area (Å²) < 4.78 is 2.57.